The summed E-state index contributed by atoms with van der Waals surface area (Å²) in [5.41, 5.74) is 7.96. The fourth-order valence-electron chi connectivity index (χ4n) is 2.10. The second-order valence-electron chi connectivity index (χ2n) is 4.81. The van der Waals surface area contributed by atoms with Gasteiger partial charge in [-0.05, 0) is 29.8 Å². The van der Waals surface area contributed by atoms with Gasteiger partial charge in [-0.3, -0.25) is 4.40 Å². The van der Waals surface area contributed by atoms with Crippen LogP contribution in [0.15, 0.2) is 53.8 Å². The molecule has 21 heavy (non-hydrogen) atoms. The van der Waals surface area contributed by atoms with Gasteiger partial charge in [-0.15, -0.1) is 10.2 Å². The van der Waals surface area contributed by atoms with Gasteiger partial charge in [-0.1, -0.05) is 36.9 Å². The van der Waals surface area contributed by atoms with Crippen LogP contribution in [0.5, 0.6) is 0 Å². The maximum Gasteiger partial charge on any atom is 0.195 e. The molecule has 2 unspecified atom stereocenters. The standard InChI is InChI=1S/C15H15FN4S/c1-10(14(17)11-5-7-12(16)8-6-11)21-15-19-18-13-4-2-3-9-20(13)15/h2-10,14H,17H2,1H3. The topological polar surface area (TPSA) is 56.2 Å². The van der Waals surface area contributed by atoms with E-state index in [1.54, 1.807) is 23.9 Å². The van der Waals surface area contributed by atoms with Crippen LogP contribution in [-0.2, 0) is 0 Å². The van der Waals surface area contributed by atoms with Crippen LogP contribution in [0.4, 0.5) is 4.39 Å². The number of pyridine rings is 1. The minimum atomic E-state index is -0.255. The highest BCUT2D eigenvalue weighted by molar-refractivity contribution is 7.99. The molecule has 0 spiro atoms. The average Bonchev–Trinajstić information content (AvgIpc) is 2.91. The van der Waals surface area contributed by atoms with Gasteiger partial charge in [0.05, 0.1) is 0 Å². The van der Waals surface area contributed by atoms with Gasteiger partial charge in [0, 0.05) is 17.5 Å². The third-order valence-corrected chi connectivity index (χ3v) is 4.49. The predicted molar refractivity (Wildman–Crippen MR) is 81.6 cm³/mol. The Morgan fingerprint density at radius 3 is 2.67 bits per heavy atom. The molecular formula is C15H15FN4S. The van der Waals surface area contributed by atoms with E-state index in [1.807, 2.05) is 35.7 Å². The predicted octanol–water partition coefficient (Wildman–Crippen LogP) is 3.05. The molecule has 6 heteroatoms. The van der Waals surface area contributed by atoms with Crippen molar-refractivity contribution in [2.24, 2.45) is 5.73 Å². The summed E-state index contributed by atoms with van der Waals surface area (Å²) in [7, 11) is 0. The summed E-state index contributed by atoms with van der Waals surface area (Å²) >= 11 is 1.56. The number of thioether (sulfide) groups is 1. The first-order chi connectivity index (χ1) is 10.1. The molecule has 0 amide bonds. The van der Waals surface area contributed by atoms with E-state index in [2.05, 4.69) is 10.2 Å². The van der Waals surface area contributed by atoms with Gasteiger partial charge in [0.25, 0.3) is 0 Å². The van der Waals surface area contributed by atoms with Crippen molar-refractivity contribution in [1.82, 2.24) is 14.6 Å². The lowest BCUT2D eigenvalue weighted by Crippen LogP contribution is -2.21. The van der Waals surface area contributed by atoms with Crippen LogP contribution in [0.3, 0.4) is 0 Å². The maximum absolute atomic E-state index is 13.0. The molecule has 0 fully saturated rings. The molecule has 3 aromatic rings. The number of rotatable bonds is 4. The Balaban J connectivity index is 1.79. The van der Waals surface area contributed by atoms with Gasteiger partial charge in [0.1, 0.15) is 5.82 Å². The molecule has 0 bridgehead atoms. The smallest absolute Gasteiger partial charge is 0.195 e. The highest BCUT2D eigenvalue weighted by atomic mass is 32.2. The van der Waals surface area contributed by atoms with Crippen molar-refractivity contribution >= 4 is 17.4 Å². The van der Waals surface area contributed by atoms with Gasteiger partial charge < -0.3 is 5.73 Å². The second-order valence-corrected chi connectivity index (χ2v) is 6.16. The van der Waals surface area contributed by atoms with Crippen LogP contribution in [0.1, 0.15) is 18.5 Å². The lowest BCUT2D eigenvalue weighted by Gasteiger charge is -2.18. The summed E-state index contributed by atoms with van der Waals surface area (Å²) in [6.07, 6.45) is 1.92. The number of nitrogens with two attached hydrogens (primary N) is 1. The Kier molecular flexibility index (Phi) is 3.90. The number of hydrogen-bond acceptors (Lipinski definition) is 4. The number of aromatic nitrogens is 3. The summed E-state index contributed by atoms with van der Waals surface area (Å²) in [6, 6.07) is 11.9. The third-order valence-electron chi connectivity index (χ3n) is 3.33. The summed E-state index contributed by atoms with van der Waals surface area (Å²) in [5.74, 6) is -0.255. The van der Waals surface area contributed by atoms with Crippen molar-refractivity contribution in [2.45, 2.75) is 23.4 Å². The normalized spacial score (nSPS) is 14.2. The fraction of sp³-hybridized carbons (Fsp3) is 0.200. The van der Waals surface area contributed by atoms with Crippen molar-refractivity contribution in [3.8, 4) is 0 Å². The molecule has 3 rings (SSSR count). The van der Waals surface area contributed by atoms with E-state index < -0.39 is 0 Å². The SMILES string of the molecule is CC(Sc1nnc2ccccn12)C(N)c1ccc(F)cc1. The molecule has 2 N–H and O–H groups in total. The number of nitrogens with zero attached hydrogens (tertiary/aromatic N) is 3. The van der Waals surface area contributed by atoms with Gasteiger partial charge in [-0.2, -0.15) is 0 Å². The largest absolute Gasteiger partial charge is 0.323 e. The maximum atomic E-state index is 13.0. The first kappa shape index (κ1) is 14.0. The molecule has 0 aliphatic carbocycles. The van der Waals surface area contributed by atoms with Crippen LogP contribution in [0.25, 0.3) is 5.65 Å². The Labute approximate surface area is 126 Å². The van der Waals surface area contributed by atoms with Gasteiger partial charge in [0.15, 0.2) is 10.8 Å². The van der Waals surface area contributed by atoms with Crippen LogP contribution >= 0.6 is 11.8 Å². The van der Waals surface area contributed by atoms with Gasteiger partial charge >= 0.3 is 0 Å². The zero-order valence-electron chi connectivity index (χ0n) is 11.5. The monoisotopic (exact) mass is 302 g/mol. The molecule has 2 atom stereocenters. The molecule has 108 valence electrons. The quantitative estimate of drug-likeness (QED) is 0.753. The first-order valence-electron chi connectivity index (χ1n) is 6.62. The van der Waals surface area contributed by atoms with E-state index >= 15 is 0 Å². The van der Waals surface area contributed by atoms with Crippen LogP contribution < -0.4 is 5.73 Å². The molecule has 0 aliphatic rings. The van der Waals surface area contributed by atoms with E-state index in [4.69, 9.17) is 5.73 Å². The van der Waals surface area contributed by atoms with Crippen LogP contribution in [0.2, 0.25) is 0 Å². The Hall–Kier alpha value is -1.92. The summed E-state index contributed by atoms with van der Waals surface area (Å²) in [5, 5.41) is 9.19. The molecule has 2 aromatic heterocycles. The van der Waals surface area contributed by atoms with E-state index in [0.29, 0.717) is 0 Å². The summed E-state index contributed by atoms with van der Waals surface area (Å²) in [6.45, 7) is 2.03. The van der Waals surface area contributed by atoms with Crippen molar-refractivity contribution in [3.05, 3.63) is 60.0 Å². The van der Waals surface area contributed by atoms with E-state index in [0.717, 1.165) is 16.4 Å². The summed E-state index contributed by atoms with van der Waals surface area (Å²) < 4.78 is 14.9. The number of fused-ring (bicyclic) bond motifs is 1. The minimum absolute atomic E-state index is 0.0862. The number of benzene rings is 1. The van der Waals surface area contributed by atoms with Crippen molar-refractivity contribution in [1.29, 1.82) is 0 Å². The Bertz CT molecular complexity index is 741. The second kappa shape index (κ2) is 5.83. The fourth-order valence-corrected chi connectivity index (χ4v) is 3.09. The van der Waals surface area contributed by atoms with E-state index in [1.165, 1.54) is 12.1 Å². The highest BCUT2D eigenvalue weighted by Gasteiger charge is 2.19. The van der Waals surface area contributed by atoms with E-state index in [-0.39, 0.29) is 17.1 Å². The van der Waals surface area contributed by atoms with Crippen LogP contribution in [0, 0.1) is 5.82 Å². The van der Waals surface area contributed by atoms with Crippen molar-refractivity contribution in [2.75, 3.05) is 0 Å². The molecule has 0 saturated heterocycles. The molecule has 0 saturated carbocycles. The number of hydrogen-bond donors (Lipinski definition) is 1. The molecule has 0 radical (unpaired) electrons. The van der Waals surface area contributed by atoms with E-state index in [9.17, 15) is 4.39 Å². The zero-order chi connectivity index (χ0) is 14.8. The molecule has 4 nitrogen and oxygen atoms in total. The lowest BCUT2D eigenvalue weighted by molar-refractivity contribution is 0.624. The summed E-state index contributed by atoms with van der Waals surface area (Å²) in [4.78, 5) is 0. The molecule has 1 aromatic carbocycles. The Morgan fingerprint density at radius 1 is 1.14 bits per heavy atom. The molecular weight excluding hydrogens is 287 g/mol. The first-order valence-corrected chi connectivity index (χ1v) is 7.50. The highest BCUT2D eigenvalue weighted by Crippen LogP contribution is 2.29. The minimum Gasteiger partial charge on any atom is -0.323 e. The van der Waals surface area contributed by atoms with Crippen molar-refractivity contribution < 1.29 is 4.39 Å². The van der Waals surface area contributed by atoms with Crippen LogP contribution in [-0.4, -0.2) is 19.8 Å². The lowest BCUT2D eigenvalue weighted by atomic mass is 10.1. The number of halogens is 1. The third kappa shape index (κ3) is 2.91. The Morgan fingerprint density at radius 2 is 1.90 bits per heavy atom. The zero-order valence-corrected chi connectivity index (χ0v) is 12.3. The van der Waals surface area contributed by atoms with Gasteiger partial charge in [-0.25, -0.2) is 4.39 Å². The van der Waals surface area contributed by atoms with Crippen molar-refractivity contribution in [3.63, 3.8) is 0 Å². The molecule has 0 aliphatic heterocycles. The van der Waals surface area contributed by atoms with Gasteiger partial charge in [0.2, 0.25) is 0 Å². The average molecular weight is 302 g/mol. The molecule has 2 heterocycles.